The van der Waals surface area contributed by atoms with E-state index in [-0.39, 0.29) is 24.0 Å². The topological polar surface area (TPSA) is 90.5 Å². The number of amides is 2. The van der Waals surface area contributed by atoms with Gasteiger partial charge in [-0.1, -0.05) is 35.5 Å². The number of imidazole rings is 1. The van der Waals surface area contributed by atoms with Crippen LogP contribution in [0.5, 0.6) is 0 Å². The van der Waals surface area contributed by atoms with Crippen LogP contribution < -0.4 is 10.3 Å². The predicted molar refractivity (Wildman–Crippen MR) is 107 cm³/mol. The Morgan fingerprint density at radius 1 is 1.26 bits per heavy atom. The third kappa shape index (κ3) is 3.81. The fourth-order valence-corrected chi connectivity index (χ4v) is 3.63. The van der Waals surface area contributed by atoms with Crippen molar-refractivity contribution < 1.29 is 9.59 Å². The lowest BCUT2D eigenvalue weighted by Gasteiger charge is -2.15. The Hall–Kier alpha value is -2.84. The fourth-order valence-electron chi connectivity index (χ4n) is 2.68. The molecule has 0 unspecified atom stereocenters. The Balaban J connectivity index is 1.46. The van der Waals surface area contributed by atoms with Crippen LogP contribution in [0.1, 0.15) is 5.82 Å². The number of rotatable bonds is 4. The molecule has 1 aromatic heterocycles. The van der Waals surface area contributed by atoms with Crippen molar-refractivity contribution in [3.05, 3.63) is 59.4 Å². The van der Waals surface area contributed by atoms with E-state index in [9.17, 15) is 9.59 Å². The zero-order valence-corrected chi connectivity index (χ0v) is 15.5. The first-order chi connectivity index (χ1) is 13.1. The Morgan fingerprint density at radius 2 is 2.04 bits per heavy atom. The number of carbonyl (C=O) groups excluding carboxylic acids is 2. The van der Waals surface area contributed by atoms with Gasteiger partial charge in [0.05, 0.1) is 28.9 Å². The van der Waals surface area contributed by atoms with Gasteiger partial charge in [-0.15, -0.1) is 5.10 Å². The number of benzene rings is 2. The lowest BCUT2D eigenvalue weighted by atomic mass is 10.3. The van der Waals surface area contributed by atoms with Gasteiger partial charge < -0.3 is 4.98 Å². The summed E-state index contributed by atoms with van der Waals surface area (Å²) in [6.45, 7) is 0. The van der Waals surface area contributed by atoms with Crippen molar-refractivity contribution in [3.8, 4) is 0 Å². The van der Waals surface area contributed by atoms with Crippen LogP contribution in [0.15, 0.2) is 53.6 Å². The molecule has 136 valence electrons. The number of carbonyl (C=O) groups is 2. The molecule has 0 radical (unpaired) electrons. The maximum absolute atomic E-state index is 12.2. The molecule has 2 N–H and O–H groups in total. The van der Waals surface area contributed by atoms with Crippen LogP contribution in [-0.2, 0) is 16.0 Å². The van der Waals surface area contributed by atoms with Crippen LogP contribution in [0.2, 0.25) is 5.02 Å². The monoisotopic (exact) mass is 399 g/mol. The number of halogens is 1. The van der Waals surface area contributed by atoms with Crippen molar-refractivity contribution in [2.75, 3.05) is 10.7 Å². The molecule has 1 aliphatic heterocycles. The number of nitrogens with zero attached hydrogens (tertiary/aromatic N) is 3. The smallest absolute Gasteiger partial charge is 0.247 e. The minimum atomic E-state index is -0.322. The van der Waals surface area contributed by atoms with Crippen molar-refractivity contribution in [2.24, 2.45) is 5.10 Å². The Labute approximate surface area is 163 Å². The third-order valence-electron chi connectivity index (χ3n) is 3.89. The van der Waals surface area contributed by atoms with E-state index in [1.165, 1.54) is 16.7 Å². The van der Waals surface area contributed by atoms with Gasteiger partial charge in [0, 0.05) is 5.02 Å². The van der Waals surface area contributed by atoms with E-state index < -0.39 is 0 Å². The molecular weight excluding hydrogens is 386 g/mol. The zero-order valence-electron chi connectivity index (χ0n) is 14.0. The molecular formula is C18H14ClN5O2S. The van der Waals surface area contributed by atoms with Crippen molar-refractivity contribution in [1.82, 2.24) is 15.4 Å². The first-order valence-electron chi connectivity index (χ1n) is 8.11. The van der Waals surface area contributed by atoms with Crippen LogP contribution in [0.3, 0.4) is 0 Å². The molecule has 0 spiro atoms. The minimum Gasteiger partial charge on any atom is -0.342 e. The fraction of sp³-hybridized carbons (Fsp3) is 0.111. The summed E-state index contributed by atoms with van der Waals surface area (Å²) in [6, 6.07) is 14.4. The number of hydrazone groups is 1. The van der Waals surface area contributed by atoms with Crippen LogP contribution in [-0.4, -0.2) is 32.7 Å². The second-order valence-electron chi connectivity index (χ2n) is 5.80. The van der Waals surface area contributed by atoms with E-state index in [1.807, 2.05) is 24.3 Å². The highest BCUT2D eigenvalue weighted by molar-refractivity contribution is 8.15. The first-order valence-corrected chi connectivity index (χ1v) is 9.48. The number of H-pyrrole nitrogens is 1. The van der Waals surface area contributed by atoms with Crippen molar-refractivity contribution in [1.29, 1.82) is 0 Å². The van der Waals surface area contributed by atoms with Crippen molar-refractivity contribution in [3.63, 3.8) is 0 Å². The highest BCUT2D eigenvalue weighted by atomic mass is 35.5. The van der Waals surface area contributed by atoms with Gasteiger partial charge in [0.15, 0.2) is 5.17 Å². The van der Waals surface area contributed by atoms with Crippen LogP contribution in [0, 0.1) is 0 Å². The average Bonchev–Trinajstić information content (AvgIpc) is 3.23. The molecule has 4 rings (SSSR count). The first kappa shape index (κ1) is 17.6. The Bertz CT molecular complexity index is 1010. The second-order valence-corrected chi connectivity index (χ2v) is 7.18. The molecule has 1 fully saturated rings. The number of amidine groups is 1. The maximum Gasteiger partial charge on any atom is 0.247 e. The van der Waals surface area contributed by atoms with Gasteiger partial charge in [-0.25, -0.2) is 10.4 Å². The molecule has 2 aromatic carbocycles. The van der Waals surface area contributed by atoms with E-state index in [0.717, 1.165) is 11.0 Å². The normalized spacial score (nSPS) is 15.7. The molecule has 1 aliphatic rings. The predicted octanol–water partition coefficient (Wildman–Crippen LogP) is 2.93. The summed E-state index contributed by atoms with van der Waals surface area (Å²) >= 11 is 7.16. The molecule has 9 heteroatoms. The van der Waals surface area contributed by atoms with Gasteiger partial charge in [-0.3, -0.25) is 14.5 Å². The van der Waals surface area contributed by atoms with Crippen LogP contribution in [0.4, 0.5) is 5.69 Å². The number of aromatic nitrogens is 2. The van der Waals surface area contributed by atoms with Gasteiger partial charge in [-0.05, 0) is 36.4 Å². The summed E-state index contributed by atoms with van der Waals surface area (Å²) < 4.78 is 0. The molecule has 2 amide bonds. The standard InChI is InChI=1S/C18H14ClN5O2S/c19-11-5-7-12(8-6-11)24-17(26)10-27-18(24)23-22-16(25)9-15-20-13-3-1-2-4-14(13)21-15/h1-8H,9-10H2,(H,20,21)(H,22,25)/b23-18+. The number of anilines is 1. The third-order valence-corrected chi connectivity index (χ3v) is 5.07. The number of para-hydroxylation sites is 2. The SMILES string of the molecule is O=C(Cc1nc2ccccc2[nH]1)N/N=C1/SCC(=O)N1c1ccc(Cl)cc1. The number of nitrogens with one attached hydrogen (secondary N) is 2. The summed E-state index contributed by atoms with van der Waals surface area (Å²) in [5.74, 6) is 0.393. The summed E-state index contributed by atoms with van der Waals surface area (Å²) in [5, 5.41) is 5.11. The van der Waals surface area contributed by atoms with Gasteiger partial charge in [0.25, 0.3) is 0 Å². The Kier molecular flexibility index (Phi) is 4.83. The van der Waals surface area contributed by atoms with E-state index in [0.29, 0.717) is 21.7 Å². The lowest BCUT2D eigenvalue weighted by Crippen LogP contribution is -2.31. The quantitative estimate of drug-likeness (QED) is 0.660. The number of aromatic amines is 1. The van der Waals surface area contributed by atoms with Gasteiger partial charge in [0.2, 0.25) is 11.8 Å². The summed E-state index contributed by atoms with van der Waals surface area (Å²) in [7, 11) is 0. The molecule has 0 saturated carbocycles. The molecule has 0 aliphatic carbocycles. The summed E-state index contributed by atoms with van der Waals surface area (Å²) in [6.07, 6.45) is 0.0605. The van der Waals surface area contributed by atoms with Crippen molar-refractivity contribution >= 4 is 57.1 Å². The average molecular weight is 400 g/mol. The minimum absolute atomic E-state index is 0.0605. The molecule has 7 nitrogen and oxygen atoms in total. The number of fused-ring (bicyclic) bond motifs is 1. The number of hydrogen-bond acceptors (Lipinski definition) is 5. The maximum atomic E-state index is 12.2. The summed E-state index contributed by atoms with van der Waals surface area (Å²) in [5.41, 5.74) is 4.83. The molecule has 27 heavy (non-hydrogen) atoms. The molecule has 2 heterocycles. The second kappa shape index (κ2) is 7.42. The molecule has 1 saturated heterocycles. The van der Waals surface area contributed by atoms with E-state index in [2.05, 4.69) is 20.5 Å². The van der Waals surface area contributed by atoms with E-state index in [1.54, 1.807) is 24.3 Å². The number of hydrogen-bond donors (Lipinski definition) is 2. The highest BCUT2D eigenvalue weighted by Gasteiger charge is 2.30. The largest absolute Gasteiger partial charge is 0.342 e. The number of thioether (sulfide) groups is 1. The molecule has 0 atom stereocenters. The van der Waals surface area contributed by atoms with Gasteiger partial charge >= 0.3 is 0 Å². The summed E-state index contributed by atoms with van der Waals surface area (Å²) in [4.78, 5) is 33.3. The van der Waals surface area contributed by atoms with Gasteiger partial charge in [0.1, 0.15) is 5.82 Å². The van der Waals surface area contributed by atoms with Crippen LogP contribution >= 0.6 is 23.4 Å². The van der Waals surface area contributed by atoms with Crippen LogP contribution in [0.25, 0.3) is 11.0 Å². The Morgan fingerprint density at radius 3 is 2.81 bits per heavy atom. The molecule has 0 bridgehead atoms. The zero-order chi connectivity index (χ0) is 18.8. The van der Waals surface area contributed by atoms with E-state index >= 15 is 0 Å². The van der Waals surface area contributed by atoms with Gasteiger partial charge in [-0.2, -0.15) is 0 Å². The highest BCUT2D eigenvalue weighted by Crippen LogP contribution is 2.27. The lowest BCUT2D eigenvalue weighted by molar-refractivity contribution is -0.120. The van der Waals surface area contributed by atoms with Crippen molar-refractivity contribution in [2.45, 2.75) is 6.42 Å². The molecule has 3 aromatic rings. The van der Waals surface area contributed by atoms with E-state index in [4.69, 9.17) is 11.6 Å².